The minimum absolute atomic E-state index is 0.0825. The highest BCUT2D eigenvalue weighted by Gasteiger charge is 2.34. The number of aromatic nitrogens is 1. The Morgan fingerprint density at radius 2 is 2.04 bits per heavy atom. The molecule has 0 atom stereocenters. The lowest BCUT2D eigenvalue weighted by Crippen LogP contribution is -2.25. The molecule has 1 aliphatic heterocycles. The number of nitrogens with one attached hydrogen (secondary N) is 1. The van der Waals surface area contributed by atoms with Gasteiger partial charge in [-0.05, 0) is 37.9 Å². The zero-order valence-electron chi connectivity index (χ0n) is 15.2. The Labute approximate surface area is 155 Å². The molecule has 0 unspecified atom stereocenters. The van der Waals surface area contributed by atoms with Gasteiger partial charge in [-0.15, -0.1) is 0 Å². The van der Waals surface area contributed by atoms with Gasteiger partial charge in [0.25, 0.3) is 0 Å². The number of hydrogen-bond donors (Lipinski definition) is 1. The van der Waals surface area contributed by atoms with E-state index in [1.165, 1.54) is 12.3 Å². The Hall–Kier alpha value is -2.45. The third-order valence-electron chi connectivity index (χ3n) is 4.14. The van der Waals surface area contributed by atoms with Gasteiger partial charge in [-0.3, -0.25) is 9.98 Å². The molecule has 0 spiro atoms. The molecule has 1 aliphatic rings. The highest BCUT2D eigenvalue weighted by atomic mass is 19.4. The van der Waals surface area contributed by atoms with Crippen LogP contribution in [0.15, 0.2) is 41.5 Å². The second kappa shape index (κ2) is 8.06. The summed E-state index contributed by atoms with van der Waals surface area (Å²) in [6, 6.07) is 7.44. The number of amidine groups is 1. The molecule has 0 saturated carbocycles. The van der Waals surface area contributed by atoms with Gasteiger partial charge in [-0.1, -0.05) is 12.1 Å². The quantitative estimate of drug-likeness (QED) is 0.780. The SMILES string of the molecule is CN(C)CCOCC1=NCc2ccc(-c3ncccc3C(F)(F)F)cc2N1. The first-order chi connectivity index (χ1) is 12.8. The molecule has 0 saturated heterocycles. The van der Waals surface area contributed by atoms with E-state index in [4.69, 9.17) is 4.74 Å². The lowest BCUT2D eigenvalue weighted by molar-refractivity contribution is -0.137. The molecule has 0 bridgehead atoms. The summed E-state index contributed by atoms with van der Waals surface area (Å²) < 4.78 is 45.4. The third kappa shape index (κ3) is 4.84. The van der Waals surface area contributed by atoms with Crippen LogP contribution in [-0.2, 0) is 17.5 Å². The summed E-state index contributed by atoms with van der Waals surface area (Å²) in [5.74, 6) is 0.662. The first kappa shape index (κ1) is 19.3. The average Bonchev–Trinajstić information content (AvgIpc) is 2.64. The number of aliphatic imine (C=N–C) groups is 1. The normalized spacial score (nSPS) is 13.9. The molecule has 8 heteroatoms. The molecule has 144 valence electrons. The number of benzene rings is 1. The molecule has 0 radical (unpaired) electrons. The fourth-order valence-electron chi connectivity index (χ4n) is 2.72. The van der Waals surface area contributed by atoms with Crippen molar-refractivity contribution in [1.29, 1.82) is 0 Å². The second-order valence-corrected chi connectivity index (χ2v) is 6.51. The molecule has 3 rings (SSSR count). The molecule has 0 aliphatic carbocycles. The van der Waals surface area contributed by atoms with E-state index in [0.29, 0.717) is 31.2 Å². The van der Waals surface area contributed by atoms with E-state index in [9.17, 15) is 13.2 Å². The molecule has 2 aromatic rings. The van der Waals surface area contributed by atoms with Crippen LogP contribution in [0.3, 0.4) is 0 Å². The number of likely N-dealkylation sites (N-methyl/N-ethyl adjacent to an activating group) is 1. The van der Waals surface area contributed by atoms with Crippen molar-refractivity contribution in [2.45, 2.75) is 12.7 Å². The Kier molecular flexibility index (Phi) is 5.76. The van der Waals surface area contributed by atoms with Gasteiger partial charge in [0.1, 0.15) is 12.4 Å². The van der Waals surface area contributed by atoms with Crippen molar-refractivity contribution < 1.29 is 17.9 Å². The summed E-state index contributed by atoms with van der Waals surface area (Å²) in [6.45, 7) is 2.16. The number of nitrogens with zero attached hydrogens (tertiary/aromatic N) is 3. The Bertz CT molecular complexity index is 834. The molecular weight excluding hydrogens is 357 g/mol. The number of fused-ring (bicyclic) bond motifs is 1. The highest BCUT2D eigenvalue weighted by Crippen LogP contribution is 2.37. The van der Waals surface area contributed by atoms with Gasteiger partial charge >= 0.3 is 6.18 Å². The fraction of sp³-hybridized carbons (Fsp3) is 0.368. The average molecular weight is 378 g/mol. The maximum Gasteiger partial charge on any atom is 0.418 e. The molecule has 1 aromatic carbocycles. The van der Waals surface area contributed by atoms with Crippen LogP contribution >= 0.6 is 0 Å². The molecule has 1 N–H and O–H groups in total. The molecule has 2 heterocycles. The predicted molar refractivity (Wildman–Crippen MR) is 98.8 cm³/mol. The number of hydrogen-bond acceptors (Lipinski definition) is 5. The molecule has 5 nitrogen and oxygen atoms in total. The van der Waals surface area contributed by atoms with Crippen molar-refractivity contribution in [2.24, 2.45) is 4.99 Å². The number of rotatable bonds is 6. The number of ether oxygens (including phenoxy) is 1. The zero-order chi connectivity index (χ0) is 19.4. The Morgan fingerprint density at radius 1 is 1.22 bits per heavy atom. The molecule has 1 aromatic heterocycles. The van der Waals surface area contributed by atoms with Crippen LogP contribution in [0.2, 0.25) is 0 Å². The van der Waals surface area contributed by atoms with Crippen molar-refractivity contribution in [2.75, 3.05) is 39.2 Å². The molecule has 0 fully saturated rings. The monoisotopic (exact) mass is 378 g/mol. The third-order valence-corrected chi connectivity index (χ3v) is 4.14. The summed E-state index contributed by atoms with van der Waals surface area (Å²) in [5, 5.41) is 3.16. The van der Waals surface area contributed by atoms with E-state index in [0.717, 1.165) is 23.9 Å². The first-order valence-electron chi connectivity index (χ1n) is 8.53. The summed E-state index contributed by atoms with van der Waals surface area (Å²) in [7, 11) is 3.93. The number of alkyl halides is 3. The van der Waals surface area contributed by atoms with Gasteiger partial charge in [0, 0.05) is 24.0 Å². The molecule has 27 heavy (non-hydrogen) atoms. The standard InChI is InChI=1S/C19H21F3N4O/c1-26(2)8-9-27-12-17-24-11-14-6-5-13(10-16(14)25-17)18-15(19(20,21)22)4-3-7-23-18/h3-7,10H,8-9,11-12H2,1-2H3,(H,24,25). The van der Waals surface area contributed by atoms with E-state index in [-0.39, 0.29) is 5.69 Å². The lowest BCUT2D eigenvalue weighted by Gasteiger charge is -2.20. The van der Waals surface area contributed by atoms with Crippen LogP contribution < -0.4 is 5.32 Å². The van der Waals surface area contributed by atoms with Gasteiger partial charge in [0.2, 0.25) is 0 Å². The van der Waals surface area contributed by atoms with Crippen LogP contribution in [0, 0.1) is 0 Å². The predicted octanol–water partition coefficient (Wildman–Crippen LogP) is 3.67. The van der Waals surface area contributed by atoms with Crippen molar-refractivity contribution in [3.05, 3.63) is 47.7 Å². The first-order valence-corrected chi connectivity index (χ1v) is 8.53. The van der Waals surface area contributed by atoms with Gasteiger partial charge in [-0.25, -0.2) is 0 Å². The second-order valence-electron chi connectivity index (χ2n) is 6.51. The molecular formula is C19H21F3N4O. The summed E-state index contributed by atoms with van der Waals surface area (Å²) in [6.07, 6.45) is -3.09. The smallest absolute Gasteiger partial charge is 0.372 e. The van der Waals surface area contributed by atoms with Crippen LogP contribution in [0.1, 0.15) is 11.1 Å². The van der Waals surface area contributed by atoms with Crippen LogP contribution in [-0.4, -0.2) is 49.6 Å². The van der Waals surface area contributed by atoms with E-state index in [1.54, 1.807) is 18.2 Å². The topological polar surface area (TPSA) is 49.8 Å². The van der Waals surface area contributed by atoms with Crippen molar-refractivity contribution in [1.82, 2.24) is 9.88 Å². The minimum Gasteiger partial charge on any atom is -0.372 e. The van der Waals surface area contributed by atoms with Crippen LogP contribution in [0.25, 0.3) is 11.3 Å². The minimum atomic E-state index is -4.46. The summed E-state index contributed by atoms with van der Waals surface area (Å²) >= 11 is 0. The van der Waals surface area contributed by atoms with Crippen molar-refractivity contribution in [3.8, 4) is 11.3 Å². The van der Waals surface area contributed by atoms with E-state index in [1.807, 2.05) is 19.0 Å². The fourth-order valence-corrected chi connectivity index (χ4v) is 2.72. The highest BCUT2D eigenvalue weighted by molar-refractivity contribution is 5.99. The Balaban J connectivity index is 1.77. The van der Waals surface area contributed by atoms with Crippen molar-refractivity contribution in [3.63, 3.8) is 0 Å². The molecule has 0 amide bonds. The number of pyridine rings is 1. The number of halogens is 3. The lowest BCUT2D eigenvalue weighted by atomic mass is 10.0. The van der Waals surface area contributed by atoms with Crippen molar-refractivity contribution >= 4 is 11.5 Å². The van der Waals surface area contributed by atoms with Gasteiger partial charge < -0.3 is 15.0 Å². The van der Waals surface area contributed by atoms with Crippen LogP contribution in [0.5, 0.6) is 0 Å². The Morgan fingerprint density at radius 3 is 2.78 bits per heavy atom. The van der Waals surface area contributed by atoms with E-state index >= 15 is 0 Å². The number of anilines is 1. The summed E-state index contributed by atoms with van der Waals surface area (Å²) in [4.78, 5) is 10.4. The van der Waals surface area contributed by atoms with Crippen LogP contribution in [0.4, 0.5) is 18.9 Å². The van der Waals surface area contributed by atoms with E-state index in [2.05, 4.69) is 15.3 Å². The maximum absolute atomic E-state index is 13.3. The van der Waals surface area contributed by atoms with Gasteiger partial charge in [0.15, 0.2) is 0 Å². The van der Waals surface area contributed by atoms with Gasteiger partial charge in [-0.2, -0.15) is 13.2 Å². The van der Waals surface area contributed by atoms with E-state index < -0.39 is 11.7 Å². The maximum atomic E-state index is 13.3. The largest absolute Gasteiger partial charge is 0.418 e. The van der Waals surface area contributed by atoms with Gasteiger partial charge in [0.05, 0.1) is 24.4 Å². The summed E-state index contributed by atoms with van der Waals surface area (Å²) in [5.41, 5.74) is 1.22. The zero-order valence-corrected chi connectivity index (χ0v) is 15.2.